The fraction of sp³-hybridized carbons (Fsp3) is 0.320. The molecule has 1 N–H and O–H groups in total. The van der Waals surface area contributed by atoms with Gasteiger partial charge in [-0.1, -0.05) is 18.2 Å². The third-order valence-corrected chi connectivity index (χ3v) is 6.90. The van der Waals surface area contributed by atoms with Crippen molar-refractivity contribution >= 4 is 16.0 Å². The molecule has 0 atom stereocenters. The zero-order valence-corrected chi connectivity index (χ0v) is 20.6. The zero-order valence-electron chi connectivity index (χ0n) is 19.7. The molecule has 3 aromatic rings. The average molecular weight is 535 g/mol. The highest BCUT2D eigenvalue weighted by Gasteiger charge is 2.48. The predicted octanol–water partition coefficient (Wildman–Crippen LogP) is 3.94. The molecule has 0 unspecified atom stereocenters. The molecule has 37 heavy (non-hydrogen) atoms. The van der Waals surface area contributed by atoms with Crippen LogP contribution in [0.25, 0.3) is 11.4 Å². The highest BCUT2D eigenvalue weighted by atomic mass is 32.2. The van der Waals surface area contributed by atoms with E-state index in [1.165, 1.54) is 12.1 Å². The molecule has 2 heterocycles. The fourth-order valence-corrected chi connectivity index (χ4v) is 4.44. The van der Waals surface area contributed by atoms with Crippen molar-refractivity contribution in [2.45, 2.75) is 31.3 Å². The molecule has 0 spiro atoms. The first-order chi connectivity index (χ1) is 17.6. The Hall–Kier alpha value is -3.51. The van der Waals surface area contributed by atoms with Crippen LogP contribution in [-0.4, -0.2) is 54.3 Å². The lowest BCUT2D eigenvalue weighted by molar-refractivity contribution is -0.0500. The normalized spacial score (nSPS) is 14.1. The van der Waals surface area contributed by atoms with Crippen LogP contribution >= 0.6 is 0 Å². The molecule has 1 amide bonds. The average Bonchev–Trinajstić information content (AvgIpc) is 2.88. The van der Waals surface area contributed by atoms with E-state index in [0.29, 0.717) is 30.9 Å². The topological polar surface area (TPSA) is 101 Å². The molecule has 0 saturated heterocycles. The van der Waals surface area contributed by atoms with Crippen molar-refractivity contribution in [3.63, 3.8) is 0 Å². The van der Waals surface area contributed by atoms with Crippen molar-refractivity contribution in [1.82, 2.24) is 20.2 Å². The summed E-state index contributed by atoms with van der Waals surface area (Å²) in [4.78, 5) is 22.9. The summed E-state index contributed by atoms with van der Waals surface area (Å²) in [5, 5.41) is 2.90. The van der Waals surface area contributed by atoms with Gasteiger partial charge in [-0.3, -0.25) is 9.69 Å². The number of rotatable bonds is 9. The number of hydrogen-bond donors (Lipinski definition) is 1. The predicted molar refractivity (Wildman–Crippen MR) is 130 cm³/mol. The van der Waals surface area contributed by atoms with Crippen LogP contribution < -0.4 is 9.50 Å². The lowest BCUT2D eigenvalue weighted by Crippen LogP contribution is -2.32. The second-order valence-corrected chi connectivity index (χ2v) is 10.1. The molecule has 8 nitrogen and oxygen atoms in total. The van der Waals surface area contributed by atoms with Gasteiger partial charge in [0.1, 0.15) is 5.75 Å². The van der Waals surface area contributed by atoms with Gasteiger partial charge in [0.15, 0.2) is 5.82 Å². The van der Waals surface area contributed by atoms with E-state index in [0.717, 1.165) is 42.6 Å². The van der Waals surface area contributed by atoms with Gasteiger partial charge < -0.3 is 9.50 Å². The van der Waals surface area contributed by atoms with E-state index in [9.17, 15) is 26.4 Å². The smallest absolute Gasteiger partial charge is 0.376 e. The molecular weight excluding hydrogens is 509 g/mol. The molecule has 1 aliphatic rings. The molecule has 0 aliphatic carbocycles. The highest BCUT2D eigenvalue weighted by molar-refractivity contribution is 7.88. The van der Waals surface area contributed by atoms with Crippen molar-refractivity contribution in [2.24, 2.45) is 0 Å². The molecule has 1 aromatic heterocycles. The number of hydrogen-bond acceptors (Lipinski definition) is 7. The second kappa shape index (κ2) is 11.3. The Bertz CT molecular complexity index is 1330. The number of halogens is 3. The molecule has 0 bridgehead atoms. The number of carbonyl (C=O) groups is 1. The Morgan fingerprint density at radius 3 is 2.46 bits per heavy atom. The third-order valence-electron chi connectivity index (χ3n) is 5.92. The van der Waals surface area contributed by atoms with E-state index < -0.39 is 15.6 Å². The summed E-state index contributed by atoms with van der Waals surface area (Å²) in [7, 11) is -5.71. The number of nitrogens with zero attached hydrogens (tertiary/aromatic N) is 3. The number of fused-ring (bicyclic) bond motifs is 1. The number of amides is 1. The maximum Gasteiger partial charge on any atom is 0.534 e. The lowest BCUT2D eigenvalue weighted by atomic mass is 9.99. The van der Waals surface area contributed by atoms with Crippen LogP contribution in [0.15, 0.2) is 60.9 Å². The monoisotopic (exact) mass is 534 g/mol. The van der Waals surface area contributed by atoms with Gasteiger partial charge in [-0.15, -0.1) is 0 Å². The maximum atomic E-state index is 12.6. The Kier molecular flexibility index (Phi) is 8.08. The molecular formula is C25H25F3N4O4S. The van der Waals surface area contributed by atoms with Gasteiger partial charge in [0.25, 0.3) is 5.91 Å². The quantitative estimate of drug-likeness (QED) is 0.252. The number of alkyl halides is 3. The van der Waals surface area contributed by atoms with Crippen LogP contribution in [0, 0.1) is 0 Å². The van der Waals surface area contributed by atoms with Gasteiger partial charge in [-0.05, 0) is 67.3 Å². The lowest BCUT2D eigenvalue weighted by Gasteiger charge is -2.29. The minimum atomic E-state index is -5.71. The van der Waals surface area contributed by atoms with Crippen molar-refractivity contribution in [1.29, 1.82) is 0 Å². The largest absolute Gasteiger partial charge is 0.534 e. The van der Waals surface area contributed by atoms with E-state index in [2.05, 4.69) is 24.4 Å². The Morgan fingerprint density at radius 1 is 1.03 bits per heavy atom. The van der Waals surface area contributed by atoms with E-state index in [1.54, 1.807) is 48.8 Å². The molecule has 0 saturated carbocycles. The number of carbonyl (C=O) groups excluding carboxylic acids is 1. The van der Waals surface area contributed by atoms with Gasteiger partial charge in [-0.25, -0.2) is 9.97 Å². The molecule has 0 fully saturated rings. The van der Waals surface area contributed by atoms with Gasteiger partial charge >= 0.3 is 15.6 Å². The van der Waals surface area contributed by atoms with Crippen LogP contribution in [0.3, 0.4) is 0 Å². The molecule has 12 heteroatoms. The van der Waals surface area contributed by atoms with E-state index in [4.69, 9.17) is 0 Å². The van der Waals surface area contributed by atoms with Gasteiger partial charge in [0, 0.05) is 43.2 Å². The van der Waals surface area contributed by atoms with Gasteiger partial charge in [-0.2, -0.15) is 21.6 Å². The summed E-state index contributed by atoms with van der Waals surface area (Å²) in [5.74, 6) is 0.0589. The number of unbranched alkanes of at least 4 members (excludes halogenated alkanes) is 1. The van der Waals surface area contributed by atoms with E-state index >= 15 is 0 Å². The highest BCUT2D eigenvalue weighted by Crippen LogP contribution is 2.29. The third kappa shape index (κ3) is 6.83. The zero-order chi connectivity index (χ0) is 26.5. The minimum Gasteiger partial charge on any atom is -0.376 e. The van der Waals surface area contributed by atoms with E-state index in [1.807, 2.05) is 0 Å². The Balaban J connectivity index is 1.21. The molecule has 196 valence electrons. The number of nitrogens with one attached hydrogen (secondary N) is 1. The van der Waals surface area contributed by atoms with Crippen molar-refractivity contribution in [3.05, 3.63) is 77.6 Å². The molecule has 2 aromatic carbocycles. The van der Waals surface area contributed by atoms with E-state index in [-0.39, 0.29) is 11.7 Å². The number of benzene rings is 2. The van der Waals surface area contributed by atoms with Crippen LogP contribution in [0.2, 0.25) is 0 Å². The van der Waals surface area contributed by atoms with Crippen LogP contribution in [0.4, 0.5) is 13.2 Å². The summed E-state index contributed by atoms with van der Waals surface area (Å²) in [6, 6.07) is 13.0. The van der Waals surface area contributed by atoms with Crippen molar-refractivity contribution in [2.75, 3.05) is 19.6 Å². The summed E-state index contributed by atoms with van der Waals surface area (Å²) in [5.41, 5.74) is -2.44. The van der Waals surface area contributed by atoms with Crippen LogP contribution in [0.5, 0.6) is 5.75 Å². The molecule has 0 radical (unpaired) electrons. The fourth-order valence-electron chi connectivity index (χ4n) is 3.99. The van der Waals surface area contributed by atoms with Gasteiger partial charge in [0.2, 0.25) is 0 Å². The summed E-state index contributed by atoms with van der Waals surface area (Å²) in [6.45, 7) is 2.48. The Labute approximate surface area is 212 Å². The standard InChI is InChI=1S/C25H25F3N4O4S/c26-25(27,28)37(34,35)36-22-9-8-18-10-15-32(17-21(18)16-22)14-2-1-11-31-24(33)20-6-4-19(5-7-20)23-29-12-3-13-30-23/h3-9,12-13,16H,1-2,10-11,14-15,17H2,(H,31,33). The van der Waals surface area contributed by atoms with Crippen molar-refractivity contribution in [3.8, 4) is 17.1 Å². The maximum absolute atomic E-state index is 12.6. The first kappa shape index (κ1) is 26.6. The second-order valence-electron chi connectivity index (χ2n) is 8.55. The summed E-state index contributed by atoms with van der Waals surface area (Å²) < 4.78 is 64.6. The van der Waals surface area contributed by atoms with Crippen LogP contribution in [0.1, 0.15) is 34.3 Å². The van der Waals surface area contributed by atoms with Gasteiger partial charge in [0.05, 0.1) is 0 Å². The number of aromatic nitrogens is 2. The SMILES string of the molecule is O=C(NCCCCN1CCc2ccc(OS(=O)(=O)C(F)(F)F)cc2C1)c1ccc(-c2ncccn2)cc1. The summed E-state index contributed by atoms with van der Waals surface area (Å²) >= 11 is 0. The summed E-state index contributed by atoms with van der Waals surface area (Å²) in [6.07, 6.45) is 5.56. The van der Waals surface area contributed by atoms with Crippen LogP contribution in [-0.2, 0) is 23.1 Å². The first-order valence-electron chi connectivity index (χ1n) is 11.6. The Morgan fingerprint density at radius 2 is 1.76 bits per heavy atom. The molecule has 4 rings (SSSR count). The minimum absolute atomic E-state index is 0.172. The molecule has 1 aliphatic heterocycles. The van der Waals surface area contributed by atoms with Crippen molar-refractivity contribution < 1.29 is 30.6 Å². The first-order valence-corrected chi connectivity index (χ1v) is 13.0.